The van der Waals surface area contributed by atoms with Crippen molar-refractivity contribution in [2.24, 2.45) is 0 Å². The fraction of sp³-hybridized carbons (Fsp3) is 0.857. The molecule has 1 heterocycles. The van der Waals surface area contributed by atoms with Crippen molar-refractivity contribution in [3.8, 4) is 0 Å². The van der Waals surface area contributed by atoms with Gasteiger partial charge in [0.25, 0.3) is 0 Å². The van der Waals surface area contributed by atoms with Gasteiger partial charge in [0.05, 0.1) is 6.61 Å². The zero-order valence-electron chi connectivity index (χ0n) is 19.3. The third kappa shape index (κ3) is 12.6. The van der Waals surface area contributed by atoms with E-state index >= 15 is 0 Å². The number of ether oxygens (including phenoxy) is 3. The van der Waals surface area contributed by atoms with Crippen molar-refractivity contribution in [3.63, 3.8) is 0 Å². The lowest BCUT2D eigenvalue weighted by molar-refractivity contribution is -0.155. The Hall–Kier alpha value is -1.87. The molecule has 1 amide bonds. The van der Waals surface area contributed by atoms with Gasteiger partial charge in [0, 0.05) is 32.1 Å². The minimum Gasteiger partial charge on any atom is -0.464 e. The summed E-state index contributed by atoms with van der Waals surface area (Å²) in [6, 6.07) is -0.623. The Kier molecular flexibility index (Phi) is 10.6. The number of hydrogen-bond acceptors (Lipinski definition) is 8. The molecule has 0 aromatic heterocycles. The smallest absolute Gasteiger partial charge is 0.408 e. The van der Waals surface area contributed by atoms with Crippen molar-refractivity contribution in [2.75, 3.05) is 26.2 Å². The van der Waals surface area contributed by atoms with Crippen LogP contribution in [0.25, 0.3) is 0 Å². The lowest BCUT2D eigenvalue weighted by Gasteiger charge is -2.25. The maximum absolute atomic E-state index is 12.5. The van der Waals surface area contributed by atoms with Crippen LogP contribution >= 0.6 is 0 Å². The Bertz CT molecular complexity index is 562. The van der Waals surface area contributed by atoms with Gasteiger partial charge in [-0.3, -0.25) is 4.79 Å². The summed E-state index contributed by atoms with van der Waals surface area (Å²) in [5.74, 6) is -1.03. The van der Waals surface area contributed by atoms with Gasteiger partial charge in [-0.1, -0.05) is 0 Å². The molecule has 3 N–H and O–H groups in total. The molecule has 174 valence electrons. The number of esters is 2. The van der Waals surface area contributed by atoms with E-state index in [2.05, 4.69) is 16.0 Å². The van der Waals surface area contributed by atoms with Crippen LogP contribution in [0.15, 0.2) is 0 Å². The molecular weight excluding hydrogens is 390 g/mol. The molecule has 1 aliphatic heterocycles. The molecule has 9 heteroatoms. The largest absolute Gasteiger partial charge is 0.464 e. The normalized spacial score (nSPS) is 18.3. The molecule has 2 atom stereocenters. The third-order valence-electron chi connectivity index (χ3n) is 4.10. The molecule has 0 spiro atoms. The fourth-order valence-corrected chi connectivity index (χ4v) is 2.87. The summed E-state index contributed by atoms with van der Waals surface area (Å²) < 4.78 is 15.8. The summed E-state index contributed by atoms with van der Waals surface area (Å²) in [5, 5.41) is 9.23. The van der Waals surface area contributed by atoms with Gasteiger partial charge in [0.1, 0.15) is 17.2 Å². The van der Waals surface area contributed by atoms with E-state index in [1.54, 1.807) is 41.5 Å². The summed E-state index contributed by atoms with van der Waals surface area (Å²) >= 11 is 0. The van der Waals surface area contributed by atoms with Crippen LogP contribution in [0.4, 0.5) is 4.79 Å². The third-order valence-corrected chi connectivity index (χ3v) is 4.10. The molecule has 1 unspecified atom stereocenters. The highest BCUT2D eigenvalue weighted by Crippen LogP contribution is 2.12. The van der Waals surface area contributed by atoms with E-state index in [4.69, 9.17) is 14.2 Å². The van der Waals surface area contributed by atoms with Crippen LogP contribution in [0.3, 0.4) is 0 Å². The Balaban J connectivity index is 2.53. The van der Waals surface area contributed by atoms with E-state index < -0.39 is 35.3 Å². The highest BCUT2D eigenvalue weighted by molar-refractivity contribution is 5.82. The first-order valence-electron chi connectivity index (χ1n) is 10.7. The average molecular weight is 430 g/mol. The van der Waals surface area contributed by atoms with E-state index in [1.807, 2.05) is 0 Å². The molecule has 1 rings (SSSR count). The van der Waals surface area contributed by atoms with E-state index in [0.29, 0.717) is 12.5 Å². The van der Waals surface area contributed by atoms with Gasteiger partial charge in [-0.15, -0.1) is 0 Å². The lowest BCUT2D eigenvalue weighted by Crippen LogP contribution is -2.48. The van der Waals surface area contributed by atoms with E-state index in [-0.39, 0.29) is 19.4 Å². The molecule has 0 bridgehead atoms. The maximum atomic E-state index is 12.5. The molecule has 30 heavy (non-hydrogen) atoms. The highest BCUT2D eigenvalue weighted by atomic mass is 16.6. The Morgan fingerprint density at radius 1 is 1.03 bits per heavy atom. The van der Waals surface area contributed by atoms with Crippen LogP contribution in [0.2, 0.25) is 0 Å². The second kappa shape index (κ2) is 12.1. The number of carbonyl (C=O) groups is 3. The number of amides is 1. The van der Waals surface area contributed by atoms with Crippen molar-refractivity contribution >= 4 is 18.0 Å². The number of carbonyl (C=O) groups excluding carboxylic acids is 3. The highest BCUT2D eigenvalue weighted by Gasteiger charge is 2.27. The van der Waals surface area contributed by atoms with Crippen LogP contribution in [0, 0.1) is 0 Å². The second-order valence-corrected chi connectivity index (χ2v) is 9.49. The molecule has 1 aliphatic rings. The van der Waals surface area contributed by atoms with Gasteiger partial charge >= 0.3 is 18.0 Å². The molecule has 0 saturated carbocycles. The topological polar surface area (TPSA) is 115 Å². The second-order valence-electron chi connectivity index (χ2n) is 9.49. The molecule has 9 nitrogen and oxygen atoms in total. The van der Waals surface area contributed by atoms with Crippen molar-refractivity contribution in [1.82, 2.24) is 16.0 Å². The Morgan fingerprint density at radius 3 is 2.27 bits per heavy atom. The summed E-state index contributed by atoms with van der Waals surface area (Å²) in [4.78, 5) is 36.6. The standard InChI is InChI=1S/C21H39N3O6/c1-20(2,3)29-17(25)10-9-16(24-19(27)30-21(4,5)6)18(26)28-13-7-8-15-14-22-11-12-23-15/h15-16,22-23H,7-14H2,1-6H3,(H,24,27)/t15?,16-/m0/s1. The number of piperazine rings is 1. The zero-order valence-corrected chi connectivity index (χ0v) is 19.3. The van der Waals surface area contributed by atoms with Crippen LogP contribution in [-0.4, -0.2) is 67.6 Å². The molecule has 0 radical (unpaired) electrons. The molecular formula is C21H39N3O6. The van der Waals surface area contributed by atoms with Gasteiger partial charge in [-0.2, -0.15) is 0 Å². The lowest BCUT2D eigenvalue weighted by atomic mass is 10.1. The van der Waals surface area contributed by atoms with Gasteiger partial charge < -0.3 is 30.2 Å². The van der Waals surface area contributed by atoms with Crippen molar-refractivity contribution < 1.29 is 28.6 Å². The predicted octanol–water partition coefficient (Wildman–Crippen LogP) is 1.89. The predicted molar refractivity (Wildman–Crippen MR) is 113 cm³/mol. The number of nitrogens with one attached hydrogen (secondary N) is 3. The number of alkyl carbamates (subject to hydrolysis) is 1. The van der Waals surface area contributed by atoms with Gasteiger partial charge in [0.2, 0.25) is 0 Å². The summed E-state index contributed by atoms with van der Waals surface area (Å²) in [5.41, 5.74) is -1.32. The summed E-state index contributed by atoms with van der Waals surface area (Å²) in [7, 11) is 0. The van der Waals surface area contributed by atoms with Crippen LogP contribution in [-0.2, 0) is 23.8 Å². The minimum absolute atomic E-state index is 0.0233. The van der Waals surface area contributed by atoms with Gasteiger partial charge in [0.15, 0.2) is 0 Å². The average Bonchev–Trinajstić information content (AvgIpc) is 2.60. The van der Waals surface area contributed by atoms with Gasteiger partial charge in [-0.05, 0) is 60.8 Å². The van der Waals surface area contributed by atoms with Crippen molar-refractivity contribution in [2.45, 2.75) is 90.5 Å². The van der Waals surface area contributed by atoms with Crippen LogP contribution in [0.5, 0.6) is 0 Å². The molecule has 1 saturated heterocycles. The zero-order chi connectivity index (χ0) is 22.8. The Morgan fingerprint density at radius 2 is 1.70 bits per heavy atom. The van der Waals surface area contributed by atoms with Crippen molar-refractivity contribution in [3.05, 3.63) is 0 Å². The molecule has 0 aromatic carbocycles. The van der Waals surface area contributed by atoms with E-state index in [9.17, 15) is 14.4 Å². The summed E-state index contributed by atoms with van der Waals surface area (Å²) in [6.07, 6.45) is 0.899. The van der Waals surface area contributed by atoms with Crippen LogP contribution in [0.1, 0.15) is 67.2 Å². The number of hydrogen-bond donors (Lipinski definition) is 3. The number of rotatable bonds is 9. The Labute approximate surface area is 180 Å². The molecule has 0 aromatic rings. The molecule has 0 aliphatic carbocycles. The first kappa shape index (κ1) is 26.2. The fourth-order valence-electron chi connectivity index (χ4n) is 2.87. The quantitative estimate of drug-likeness (QED) is 0.289. The van der Waals surface area contributed by atoms with E-state index in [1.165, 1.54) is 0 Å². The van der Waals surface area contributed by atoms with Crippen LogP contribution < -0.4 is 16.0 Å². The minimum atomic E-state index is -0.984. The van der Waals surface area contributed by atoms with Gasteiger partial charge in [-0.25, -0.2) is 9.59 Å². The maximum Gasteiger partial charge on any atom is 0.408 e. The van der Waals surface area contributed by atoms with E-state index in [0.717, 1.165) is 26.1 Å². The SMILES string of the molecule is CC(C)(C)OC(=O)CC[C@H](NC(=O)OC(C)(C)C)C(=O)OCCCC1CNCCN1. The first-order chi connectivity index (χ1) is 13.9. The molecule has 1 fully saturated rings. The van der Waals surface area contributed by atoms with Crippen molar-refractivity contribution in [1.29, 1.82) is 0 Å². The monoisotopic (exact) mass is 429 g/mol. The summed E-state index contributed by atoms with van der Waals surface area (Å²) in [6.45, 7) is 13.5. The first-order valence-corrected chi connectivity index (χ1v) is 10.7.